The van der Waals surface area contributed by atoms with E-state index in [4.69, 9.17) is 27.4 Å². The van der Waals surface area contributed by atoms with Crippen LogP contribution < -0.4 is 10.5 Å². The molecule has 1 aromatic carbocycles. The van der Waals surface area contributed by atoms with Crippen LogP contribution in [-0.2, 0) is 11.3 Å². The van der Waals surface area contributed by atoms with Crippen molar-refractivity contribution >= 4 is 17.2 Å². The summed E-state index contributed by atoms with van der Waals surface area (Å²) >= 11 is 5.02. The fourth-order valence-corrected chi connectivity index (χ4v) is 2.69. The van der Waals surface area contributed by atoms with Gasteiger partial charge in [-0.15, -0.1) is 0 Å². The third-order valence-corrected chi connectivity index (χ3v) is 3.69. The van der Waals surface area contributed by atoms with Gasteiger partial charge in [0.25, 0.3) is 0 Å². The minimum absolute atomic E-state index is 0.287. The Morgan fingerprint density at radius 1 is 1.55 bits per heavy atom. The van der Waals surface area contributed by atoms with E-state index in [1.165, 1.54) is 5.56 Å². The Balaban J connectivity index is 2.10. The van der Waals surface area contributed by atoms with Crippen LogP contribution in [0.2, 0.25) is 0 Å². The van der Waals surface area contributed by atoms with Gasteiger partial charge in [-0.05, 0) is 31.0 Å². The monoisotopic (exact) mass is 294 g/mol. The Hall–Kier alpha value is -1.17. The molecule has 1 aliphatic rings. The molecule has 1 fully saturated rings. The second kappa shape index (κ2) is 7.02. The highest BCUT2D eigenvalue weighted by Gasteiger charge is 2.16. The number of thiocarbonyl (C=S) groups is 1. The van der Waals surface area contributed by atoms with Gasteiger partial charge in [-0.2, -0.15) is 0 Å². The maximum Gasteiger partial charge on any atom is 0.129 e. The number of hydrogen-bond acceptors (Lipinski definition) is 4. The lowest BCUT2D eigenvalue weighted by molar-refractivity contribution is 0.0668. The van der Waals surface area contributed by atoms with Crippen LogP contribution in [0.25, 0.3) is 0 Å². The van der Waals surface area contributed by atoms with Crippen LogP contribution in [0.4, 0.5) is 0 Å². The van der Waals surface area contributed by atoms with Gasteiger partial charge >= 0.3 is 0 Å². The summed E-state index contributed by atoms with van der Waals surface area (Å²) in [5.41, 5.74) is 7.68. The van der Waals surface area contributed by atoms with Crippen LogP contribution in [0.15, 0.2) is 18.2 Å². The molecule has 0 bridgehead atoms. The molecule has 1 unspecified atom stereocenters. The van der Waals surface area contributed by atoms with E-state index in [-0.39, 0.29) is 6.10 Å². The number of nitrogens with two attached hydrogens (primary N) is 1. The van der Waals surface area contributed by atoms with Gasteiger partial charge < -0.3 is 15.2 Å². The first-order valence-corrected chi connectivity index (χ1v) is 7.31. The number of nitrogens with zero attached hydrogens (tertiary/aromatic N) is 1. The number of hydrogen-bond donors (Lipinski definition) is 1. The maximum atomic E-state index is 5.69. The topological polar surface area (TPSA) is 47.7 Å². The Labute approximate surface area is 125 Å². The highest BCUT2D eigenvalue weighted by atomic mass is 32.1. The van der Waals surface area contributed by atoms with Gasteiger partial charge in [0.05, 0.1) is 18.8 Å². The number of methoxy groups -OCH3 is 1. The molecule has 1 heterocycles. The van der Waals surface area contributed by atoms with Gasteiger partial charge in [0, 0.05) is 26.2 Å². The van der Waals surface area contributed by atoms with Crippen molar-refractivity contribution < 1.29 is 9.47 Å². The molecule has 0 aromatic heterocycles. The summed E-state index contributed by atoms with van der Waals surface area (Å²) in [4.78, 5) is 2.78. The highest BCUT2D eigenvalue weighted by Crippen LogP contribution is 2.21. The summed E-state index contributed by atoms with van der Waals surface area (Å²) in [7, 11) is 1.64. The summed E-state index contributed by atoms with van der Waals surface area (Å²) in [5.74, 6) is 0.745. The largest absolute Gasteiger partial charge is 0.496 e. The van der Waals surface area contributed by atoms with Crippen molar-refractivity contribution in [3.63, 3.8) is 0 Å². The van der Waals surface area contributed by atoms with Crippen molar-refractivity contribution in [3.05, 3.63) is 29.3 Å². The summed E-state index contributed by atoms with van der Waals surface area (Å²) in [6, 6.07) is 6.02. The molecule has 1 saturated heterocycles. The van der Waals surface area contributed by atoms with E-state index in [1.807, 2.05) is 12.1 Å². The molecule has 20 heavy (non-hydrogen) atoms. The van der Waals surface area contributed by atoms with Gasteiger partial charge in [-0.25, -0.2) is 0 Å². The lowest BCUT2D eigenvalue weighted by atomic mass is 10.1. The summed E-state index contributed by atoms with van der Waals surface area (Å²) in [6.45, 7) is 5.88. The SMILES string of the molecule is COc1cc(CN2CCCOC(C)C2)ccc1C(N)=S. The molecule has 0 aliphatic carbocycles. The Morgan fingerprint density at radius 2 is 2.35 bits per heavy atom. The molecule has 2 rings (SSSR count). The van der Waals surface area contributed by atoms with Crippen molar-refractivity contribution in [3.8, 4) is 5.75 Å². The second-order valence-electron chi connectivity index (χ2n) is 5.17. The van der Waals surface area contributed by atoms with Crippen LogP contribution in [-0.4, -0.2) is 42.8 Å². The minimum Gasteiger partial charge on any atom is -0.496 e. The Morgan fingerprint density at radius 3 is 3.05 bits per heavy atom. The Kier molecular flexibility index (Phi) is 5.34. The number of ether oxygens (including phenoxy) is 2. The van der Waals surface area contributed by atoms with Crippen molar-refractivity contribution in [1.82, 2.24) is 4.90 Å². The first kappa shape index (κ1) is 15.2. The van der Waals surface area contributed by atoms with Crippen LogP contribution in [0.1, 0.15) is 24.5 Å². The molecule has 0 spiro atoms. The third-order valence-electron chi connectivity index (χ3n) is 3.47. The van der Waals surface area contributed by atoms with Gasteiger partial charge in [0.1, 0.15) is 10.7 Å². The van der Waals surface area contributed by atoms with E-state index in [1.54, 1.807) is 7.11 Å². The van der Waals surface area contributed by atoms with Crippen LogP contribution in [0, 0.1) is 0 Å². The molecule has 1 aliphatic heterocycles. The highest BCUT2D eigenvalue weighted by molar-refractivity contribution is 7.80. The molecular formula is C15H22N2O2S. The van der Waals surface area contributed by atoms with Crippen molar-refractivity contribution in [2.24, 2.45) is 5.73 Å². The zero-order chi connectivity index (χ0) is 14.5. The summed E-state index contributed by atoms with van der Waals surface area (Å²) in [5, 5.41) is 0. The zero-order valence-electron chi connectivity index (χ0n) is 12.1. The van der Waals surface area contributed by atoms with Crippen molar-refractivity contribution in [2.75, 3.05) is 26.8 Å². The van der Waals surface area contributed by atoms with E-state index >= 15 is 0 Å². The second-order valence-corrected chi connectivity index (χ2v) is 5.61. The zero-order valence-corrected chi connectivity index (χ0v) is 12.9. The average Bonchev–Trinajstić information content (AvgIpc) is 2.62. The molecule has 1 atom stereocenters. The van der Waals surface area contributed by atoms with Crippen LogP contribution >= 0.6 is 12.2 Å². The average molecular weight is 294 g/mol. The van der Waals surface area contributed by atoms with Gasteiger partial charge in [0.2, 0.25) is 0 Å². The van der Waals surface area contributed by atoms with Crippen molar-refractivity contribution in [1.29, 1.82) is 0 Å². The van der Waals surface area contributed by atoms with E-state index in [0.29, 0.717) is 4.99 Å². The molecule has 0 radical (unpaired) electrons. The molecule has 5 heteroatoms. The van der Waals surface area contributed by atoms with Crippen molar-refractivity contribution in [2.45, 2.75) is 26.0 Å². The standard InChI is InChI=1S/C15H22N2O2S/c1-11-9-17(6-3-7-19-11)10-12-4-5-13(15(16)20)14(8-12)18-2/h4-5,8,11H,3,6-7,9-10H2,1-2H3,(H2,16,20). The van der Waals surface area contributed by atoms with Gasteiger partial charge in [0.15, 0.2) is 0 Å². The normalized spacial score (nSPS) is 20.4. The molecule has 0 saturated carbocycles. The third kappa shape index (κ3) is 3.91. The van der Waals surface area contributed by atoms with Crippen LogP contribution in [0.3, 0.4) is 0 Å². The number of benzene rings is 1. The molecule has 0 amide bonds. The summed E-state index contributed by atoms with van der Waals surface area (Å²) < 4.78 is 11.0. The predicted molar refractivity (Wildman–Crippen MR) is 84.2 cm³/mol. The molecule has 2 N–H and O–H groups in total. The predicted octanol–water partition coefficient (Wildman–Crippen LogP) is 1.94. The Bertz CT molecular complexity index is 479. The van der Waals surface area contributed by atoms with E-state index in [9.17, 15) is 0 Å². The minimum atomic E-state index is 0.287. The molecule has 4 nitrogen and oxygen atoms in total. The fraction of sp³-hybridized carbons (Fsp3) is 0.533. The van der Waals surface area contributed by atoms with E-state index < -0.39 is 0 Å². The van der Waals surface area contributed by atoms with E-state index in [0.717, 1.165) is 44.0 Å². The lowest BCUT2D eigenvalue weighted by Gasteiger charge is -2.22. The molecule has 110 valence electrons. The molecular weight excluding hydrogens is 272 g/mol. The lowest BCUT2D eigenvalue weighted by Crippen LogP contribution is -2.29. The van der Waals surface area contributed by atoms with Gasteiger partial charge in [-0.1, -0.05) is 18.3 Å². The quantitative estimate of drug-likeness (QED) is 0.860. The molecule has 1 aromatic rings. The summed E-state index contributed by atoms with van der Waals surface area (Å²) in [6.07, 6.45) is 1.36. The van der Waals surface area contributed by atoms with Gasteiger partial charge in [-0.3, -0.25) is 4.90 Å². The fourth-order valence-electron chi connectivity index (χ4n) is 2.52. The first-order valence-electron chi connectivity index (χ1n) is 6.91. The maximum absolute atomic E-state index is 5.69. The smallest absolute Gasteiger partial charge is 0.129 e. The van der Waals surface area contributed by atoms with Crippen LogP contribution in [0.5, 0.6) is 5.75 Å². The first-order chi connectivity index (χ1) is 9.60. The number of rotatable bonds is 4. The van der Waals surface area contributed by atoms with E-state index in [2.05, 4.69) is 17.9 Å².